The zero-order valence-corrected chi connectivity index (χ0v) is 7.06. The van der Waals surface area contributed by atoms with E-state index in [-0.39, 0.29) is 82.2 Å². The van der Waals surface area contributed by atoms with Crippen LogP contribution >= 0.6 is 0 Å². The van der Waals surface area contributed by atoms with E-state index in [4.69, 9.17) is 0 Å². The summed E-state index contributed by atoms with van der Waals surface area (Å²) in [5.41, 5.74) is 0. The Morgan fingerprint density at radius 2 is 1.00 bits per heavy atom. The van der Waals surface area contributed by atoms with Crippen LogP contribution in [0.25, 0.3) is 0 Å². The summed E-state index contributed by atoms with van der Waals surface area (Å²) in [4.78, 5) is 0. The Morgan fingerprint density at radius 1 is 1.00 bits per heavy atom. The summed E-state index contributed by atoms with van der Waals surface area (Å²) in [5.74, 6) is 0. The molecule has 0 aromatic heterocycles. The molecular formula is H4CoPtReSn. The second-order valence-electron chi connectivity index (χ2n) is 0. The van der Waals surface area contributed by atoms with Gasteiger partial charge in [-0.15, -0.1) is 0 Å². The molecular weight excluding hydrogens is 559 g/mol. The summed E-state index contributed by atoms with van der Waals surface area (Å²) in [7, 11) is 0. The molecule has 2 radical (unpaired) electrons. The summed E-state index contributed by atoms with van der Waals surface area (Å²) >= 11 is 0. The molecule has 0 aromatic carbocycles. The van der Waals surface area contributed by atoms with Crippen molar-refractivity contribution in [3.8, 4) is 0 Å². The van der Waals surface area contributed by atoms with E-state index in [1.165, 1.54) is 0 Å². The van der Waals surface area contributed by atoms with Crippen LogP contribution in [0, 0.1) is 0 Å². The third-order valence-electron chi connectivity index (χ3n) is 0. The van der Waals surface area contributed by atoms with Crippen LogP contribution in [0.2, 0.25) is 0 Å². The van der Waals surface area contributed by atoms with Crippen molar-refractivity contribution in [2.24, 2.45) is 0 Å². The fourth-order valence-corrected chi connectivity index (χ4v) is 0. The number of rotatable bonds is 0. The zero-order chi connectivity index (χ0) is 0. The van der Waals surface area contributed by atoms with Gasteiger partial charge in [0.1, 0.15) is 0 Å². The van der Waals surface area contributed by atoms with E-state index >= 15 is 0 Å². The Morgan fingerprint density at radius 3 is 1.00 bits per heavy atom. The first-order valence-corrected chi connectivity index (χ1v) is 0. The summed E-state index contributed by atoms with van der Waals surface area (Å²) in [6.07, 6.45) is 0. The van der Waals surface area contributed by atoms with Crippen molar-refractivity contribution in [3.63, 3.8) is 0 Å². The first kappa shape index (κ1) is 30.2. The van der Waals surface area contributed by atoms with E-state index in [2.05, 4.69) is 0 Å². The molecule has 0 aliphatic heterocycles. The van der Waals surface area contributed by atoms with Gasteiger partial charge in [0, 0.05) is 58.3 Å². The second-order valence-corrected chi connectivity index (χ2v) is 0. The first-order chi connectivity index (χ1) is 0. The molecule has 0 bridgehead atoms. The second kappa shape index (κ2) is 17.4. The fraction of sp³-hybridized carbons (Fsp3) is 0. The van der Waals surface area contributed by atoms with E-state index in [0.717, 1.165) is 0 Å². The van der Waals surface area contributed by atoms with Crippen molar-refractivity contribution in [2.45, 2.75) is 0 Å². The van der Waals surface area contributed by atoms with Crippen molar-refractivity contribution in [1.82, 2.24) is 0 Å². The molecule has 0 saturated carbocycles. The quantitative estimate of drug-likeness (QED) is 0.317. The summed E-state index contributed by atoms with van der Waals surface area (Å²) < 4.78 is 0. The van der Waals surface area contributed by atoms with E-state index in [0.29, 0.717) is 0 Å². The van der Waals surface area contributed by atoms with Gasteiger partial charge in [-0.2, -0.15) is 0 Å². The van der Waals surface area contributed by atoms with E-state index in [1.54, 1.807) is 0 Å². The molecule has 4 heteroatoms. The summed E-state index contributed by atoms with van der Waals surface area (Å²) in [6, 6.07) is 0. The third-order valence-corrected chi connectivity index (χ3v) is 0. The molecule has 0 unspecified atom stereocenters. The number of hydrogen-bond donors (Lipinski definition) is 0. The van der Waals surface area contributed by atoms with E-state index < -0.39 is 0 Å². The van der Waals surface area contributed by atoms with Gasteiger partial charge in [0.05, 0.1) is 0 Å². The van der Waals surface area contributed by atoms with Crippen LogP contribution in [0.15, 0.2) is 0 Å². The zero-order valence-electron chi connectivity index (χ0n) is 1.03. The van der Waals surface area contributed by atoms with Gasteiger partial charge in [-0.3, -0.25) is 0 Å². The van der Waals surface area contributed by atoms with Gasteiger partial charge >= 0.3 is 23.9 Å². The molecule has 0 aliphatic rings. The minimum absolute atomic E-state index is 0. The molecule has 0 saturated heterocycles. The van der Waals surface area contributed by atoms with Gasteiger partial charge in [0.15, 0.2) is 0 Å². The maximum atomic E-state index is 0. The molecule has 34 valence electrons. The molecule has 0 nitrogen and oxygen atoms in total. The van der Waals surface area contributed by atoms with Crippen LogP contribution in [0.3, 0.4) is 0 Å². The standard InChI is InChI=1S/Co.Pt.Re.Sn.4H. The van der Waals surface area contributed by atoms with Gasteiger partial charge in [0.25, 0.3) is 0 Å². The van der Waals surface area contributed by atoms with Crippen LogP contribution < -0.4 is 0 Å². The fourth-order valence-electron chi connectivity index (χ4n) is 0. The van der Waals surface area contributed by atoms with E-state index in [9.17, 15) is 0 Å². The summed E-state index contributed by atoms with van der Waals surface area (Å²) in [6.45, 7) is 0. The molecule has 0 rings (SSSR count). The van der Waals surface area contributed by atoms with Gasteiger partial charge in [-0.25, -0.2) is 0 Å². The number of hydrogen-bond acceptors (Lipinski definition) is 0. The van der Waals surface area contributed by atoms with Gasteiger partial charge in [-0.1, -0.05) is 0 Å². The SMILES string of the molecule is [Co].[Pt].[Re].[SnH4]. The van der Waals surface area contributed by atoms with Crippen LogP contribution in [-0.4, -0.2) is 23.9 Å². The van der Waals surface area contributed by atoms with Crippen molar-refractivity contribution in [3.05, 3.63) is 0 Å². The Balaban J connectivity index is 0. The Hall–Kier alpha value is 2.66. The van der Waals surface area contributed by atoms with Crippen molar-refractivity contribution >= 4 is 23.9 Å². The topological polar surface area (TPSA) is 0 Å². The molecule has 0 atom stereocenters. The average Bonchev–Trinajstić information content (AvgIpc) is 0. The Kier molecular flexibility index (Phi) is 131. The van der Waals surface area contributed by atoms with Crippen LogP contribution in [0.5, 0.6) is 0 Å². The predicted octanol–water partition coefficient (Wildman–Crippen LogP) is -1.46. The van der Waals surface area contributed by atoms with Gasteiger partial charge < -0.3 is 0 Å². The maximum absolute atomic E-state index is 0. The molecule has 0 spiro atoms. The molecule has 4 heavy (non-hydrogen) atoms. The normalized spacial score (nSPS) is 0. The third kappa shape index (κ3) is 8.82. The van der Waals surface area contributed by atoms with Crippen LogP contribution in [-0.2, 0) is 58.3 Å². The first-order valence-electron chi connectivity index (χ1n) is 0. The molecule has 0 aliphatic carbocycles. The van der Waals surface area contributed by atoms with Gasteiger partial charge in [0.2, 0.25) is 0 Å². The molecule has 0 fully saturated rings. The average molecular weight is 563 g/mol. The Labute approximate surface area is 80.9 Å². The van der Waals surface area contributed by atoms with Gasteiger partial charge in [-0.05, 0) is 0 Å². The molecule has 0 N–H and O–H groups in total. The molecule has 0 amide bonds. The van der Waals surface area contributed by atoms with E-state index in [1.807, 2.05) is 0 Å². The van der Waals surface area contributed by atoms with Crippen molar-refractivity contribution < 1.29 is 58.3 Å². The van der Waals surface area contributed by atoms with Crippen LogP contribution in [0.4, 0.5) is 0 Å². The molecule has 0 heterocycles. The monoisotopic (exact) mass is 565 g/mol. The van der Waals surface area contributed by atoms with Crippen LogP contribution in [0.1, 0.15) is 0 Å². The molecule has 0 aromatic rings. The van der Waals surface area contributed by atoms with Crippen molar-refractivity contribution in [1.29, 1.82) is 0 Å². The Bertz CT molecular complexity index is 8.00. The predicted molar refractivity (Wildman–Crippen MR) is 11.3 cm³/mol. The minimum atomic E-state index is 0. The van der Waals surface area contributed by atoms with Crippen molar-refractivity contribution in [2.75, 3.05) is 0 Å². The summed E-state index contributed by atoms with van der Waals surface area (Å²) in [5, 5.41) is 0.